The van der Waals surface area contributed by atoms with Gasteiger partial charge in [0.2, 0.25) is 0 Å². The Bertz CT molecular complexity index is 354. The fourth-order valence-electron chi connectivity index (χ4n) is 1.19. The first-order chi connectivity index (χ1) is 6.38. The molecule has 0 atom stereocenters. The quantitative estimate of drug-likeness (QED) is 0.783. The van der Waals surface area contributed by atoms with E-state index >= 15 is 0 Å². The van der Waals surface area contributed by atoms with E-state index in [-0.39, 0.29) is 0 Å². The zero-order chi connectivity index (χ0) is 9.10. The molecule has 66 valence electrons. The molecule has 0 aliphatic carbocycles. The number of hydrogen-bond acceptors (Lipinski definition) is 2. The average Bonchev–Trinajstić information content (AvgIpc) is 2.20. The summed E-state index contributed by atoms with van der Waals surface area (Å²) in [5.74, 6) is 0. The minimum Gasteiger partial charge on any atom is -0.308 e. The summed E-state index contributed by atoms with van der Waals surface area (Å²) in [6, 6.07) is 10.2. The van der Waals surface area contributed by atoms with Crippen LogP contribution in [0.3, 0.4) is 0 Å². The van der Waals surface area contributed by atoms with E-state index < -0.39 is 0 Å². The number of hydrogen-bond donors (Lipinski definition) is 2. The Morgan fingerprint density at radius 1 is 1.08 bits per heavy atom. The molecule has 0 amide bonds. The molecular weight excluding hydrogens is 228 g/mol. The summed E-state index contributed by atoms with van der Waals surface area (Å²) < 4.78 is 1.05. The van der Waals surface area contributed by atoms with Crippen LogP contribution in [0.15, 0.2) is 47.1 Å². The van der Waals surface area contributed by atoms with E-state index in [0.29, 0.717) is 0 Å². The highest BCUT2D eigenvalue weighted by atomic mass is 79.9. The van der Waals surface area contributed by atoms with E-state index in [2.05, 4.69) is 38.9 Å². The molecule has 0 saturated heterocycles. The molecule has 0 aromatic heterocycles. The first kappa shape index (κ1) is 8.38. The molecule has 0 saturated carbocycles. The molecule has 1 aliphatic heterocycles. The summed E-state index contributed by atoms with van der Waals surface area (Å²) in [5.41, 5.74) is 8.24. The third-order valence-corrected chi connectivity index (χ3v) is 2.47. The van der Waals surface area contributed by atoms with Crippen molar-refractivity contribution in [3.63, 3.8) is 0 Å². The maximum Gasteiger partial charge on any atom is 0.0754 e. The molecule has 1 aliphatic rings. The lowest BCUT2D eigenvalue weighted by Gasteiger charge is -2.15. The van der Waals surface area contributed by atoms with Gasteiger partial charge in [-0.15, -0.1) is 0 Å². The Balaban J connectivity index is 2.41. The molecule has 0 bridgehead atoms. The smallest absolute Gasteiger partial charge is 0.0754 e. The van der Waals surface area contributed by atoms with Gasteiger partial charge in [-0.1, -0.05) is 30.3 Å². The van der Waals surface area contributed by atoms with Gasteiger partial charge in [0, 0.05) is 16.2 Å². The van der Waals surface area contributed by atoms with E-state index in [1.54, 1.807) is 0 Å². The number of allylic oxidation sites excluding steroid dienone is 2. The van der Waals surface area contributed by atoms with Crippen LogP contribution in [0.2, 0.25) is 0 Å². The SMILES string of the molecule is BrC1=C(c2ccccc2)NNC=C1. The van der Waals surface area contributed by atoms with Gasteiger partial charge in [-0.05, 0) is 22.0 Å². The van der Waals surface area contributed by atoms with E-state index in [4.69, 9.17) is 0 Å². The van der Waals surface area contributed by atoms with Crippen molar-refractivity contribution in [3.05, 3.63) is 52.7 Å². The summed E-state index contributed by atoms with van der Waals surface area (Å²) in [6.07, 6.45) is 3.81. The van der Waals surface area contributed by atoms with Crippen molar-refractivity contribution in [1.82, 2.24) is 10.9 Å². The summed E-state index contributed by atoms with van der Waals surface area (Å²) in [7, 11) is 0. The highest BCUT2D eigenvalue weighted by Crippen LogP contribution is 2.22. The third-order valence-electron chi connectivity index (χ3n) is 1.81. The van der Waals surface area contributed by atoms with Crippen LogP contribution in [-0.4, -0.2) is 0 Å². The van der Waals surface area contributed by atoms with Gasteiger partial charge in [0.05, 0.1) is 5.70 Å². The van der Waals surface area contributed by atoms with Crippen LogP contribution in [-0.2, 0) is 0 Å². The van der Waals surface area contributed by atoms with Crippen LogP contribution in [0.25, 0.3) is 5.70 Å². The van der Waals surface area contributed by atoms with Crippen molar-refractivity contribution in [2.45, 2.75) is 0 Å². The number of hydrazine groups is 1. The van der Waals surface area contributed by atoms with Gasteiger partial charge in [-0.25, -0.2) is 0 Å². The van der Waals surface area contributed by atoms with Crippen molar-refractivity contribution in [3.8, 4) is 0 Å². The standard InChI is InChI=1S/C10H9BrN2/c11-9-6-7-12-13-10(9)8-4-2-1-3-5-8/h1-7,12-13H. The second kappa shape index (κ2) is 3.66. The van der Waals surface area contributed by atoms with Gasteiger partial charge in [-0.2, -0.15) is 0 Å². The number of nitrogens with one attached hydrogen (secondary N) is 2. The van der Waals surface area contributed by atoms with E-state index in [1.165, 1.54) is 0 Å². The predicted molar refractivity (Wildman–Crippen MR) is 57.7 cm³/mol. The predicted octanol–water partition coefficient (Wildman–Crippen LogP) is 2.37. The van der Waals surface area contributed by atoms with Crippen LogP contribution in [0.5, 0.6) is 0 Å². The lowest BCUT2D eigenvalue weighted by Crippen LogP contribution is -2.27. The Labute approximate surface area is 85.4 Å². The van der Waals surface area contributed by atoms with E-state index in [0.717, 1.165) is 15.7 Å². The molecule has 2 N–H and O–H groups in total. The van der Waals surface area contributed by atoms with Crippen LogP contribution in [0.4, 0.5) is 0 Å². The molecule has 1 aromatic carbocycles. The van der Waals surface area contributed by atoms with Crippen LogP contribution < -0.4 is 10.9 Å². The molecule has 0 unspecified atom stereocenters. The molecule has 0 fully saturated rings. The topological polar surface area (TPSA) is 24.1 Å². The fourth-order valence-corrected chi connectivity index (χ4v) is 1.65. The minimum absolute atomic E-state index is 1.05. The number of benzene rings is 1. The monoisotopic (exact) mass is 236 g/mol. The van der Waals surface area contributed by atoms with Crippen molar-refractivity contribution >= 4 is 21.6 Å². The van der Waals surface area contributed by atoms with Gasteiger partial charge >= 0.3 is 0 Å². The minimum atomic E-state index is 1.05. The average molecular weight is 237 g/mol. The molecule has 3 heteroatoms. The normalized spacial score (nSPS) is 15.2. The molecule has 2 rings (SSSR count). The third kappa shape index (κ3) is 1.75. The molecule has 1 aromatic rings. The summed E-state index contributed by atoms with van der Waals surface area (Å²) in [5, 5.41) is 0. The highest BCUT2D eigenvalue weighted by Gasteiger charge is 2.06. The van der Waals surface area contributed by atoms with Gasteiger partial charge in [0.25, 0.3) is 0 Å². The molecular formula is C10H9BrN2. The fraction of sp³-hybridized carbons (Fsp3) is 0. The largest absolute Gasteiger partial charge is 0.308 e. The van der Waals surface area contributed by atoms with Crippen molar-refractivity contribution < 1.29 is 0 Å². The van der Waals surface area contributed by atoms with Crippen molar-refractivity contribution in [2.75, 3.05) is 0 Å². The molecule has 1 heterocycles. The zero-order valence-corrected chi connectivity index (χ0v) is 8.51. The summed E-state index contributed by atoms with van der Waals surface area (Å²) >= 11 is 3.48. The lowest BCUT2D eigenvalue weighted by molar-refractivity contribution is 0.786. The Morgan fingerprint density at radius 3 is 2.54 bits per heavy atom. The van der Waals surface area contributed by atoms with Crippen molar-refractivity contribution in [1.29, 1.82) is 0 Å². The van der Waals surface area contributed by atoms with E-state index in [9.17, 15) is 0 Å². The highest BCUT2D eigenvalue weighted by molar-refractivity contribution is 9.12. The molecule has 2 nitrogen and oxygen atoms in total. The second-order valence-electron chi connectivity index (χ2n) is 2.69. The number of rotatable bonds is 1. The molecule has 0 spiro atoms. The Morgan fingerprint density at radius 2 is 1.85 bits per heavy atom. The molecule has 0 radical (unpaired) electrons. The molecule has 13 heavy (non-hydrogen) atoms. The Hall–Kier alpha value is -1.22. The van der Waals surface area contributed by atoms with Gasteiger partial charge < -0.3 is 5.43 Å². The first-order valence-electron chi connectivity index (χ1n) is 4.01. The maximum absolute atomic E-state index is 3.48. The van der Waals surface area contributed by atoms with Crippen molar-refractivity contribution in [2.24, 2.45) is 0 Å². The lowest BCUT2D eigenvalue weighted by atomic mass is 10.1. The van der Waals surface area contributed by atoms with Gasteiger partial charge in [-0.3, -0.25) is 5.43 Å². The summed E-state index contributed by atoms with van der Waals surface area (Å²) in [6.45, 7) is 0. The maximum atomic E-state index is 3.48. The number of halogens is 1. The van der Waals surface area contributed by atoms with Gasteiger partial charge in [0.15, 0.2) is 0 Å². The van der Waals surface area contributed by atoms with Crippen LogP contribution in [0.1, 0.15) is 5.56 Å². The van der Waals surface area contributed by atoms with Crippen LogP contribution >= 0.6 is 15.9 Å². The van der Waals surface area contributed by atoms with E-state index in [1.807, 2.05) is 30.5 Å². The van der Waals surface area contributed by atoms with Crippen LogP contribution in [0, 0.1) is 0 Å². The summed E-state index contributed by atoms with van der Waals surface area (Å²) in [4.78, 5) is 0. The zero-order valence-electron chi connectivity index (χ0n) is 6.92. The second-order valence-corrected chi connectivity index (χ2v) is 3.55. The first-order valence-corrected chi connectivity index (χ1v) is 4.80. The van der Waals surface area contributed by atoms with Gasteiger partial charge in [0.1, 0.15) is 0 Å². The Kier molecular flexibility index (Phi) is 2.36.